The molecule has 1 N–H and O–H groups in total. The second-order valence-electron chi connectivity index (χ2n) is 4.71. The van der Waals surface area contributed by atoms with E-state index in [1.807, 2.05) is 20.9 Å². The number of aryl methyl sites for hydroxylation is 1. The molecular formula is C11H21N3OS. The molecule has 0 spiro atoms. The summed E-state index contributed by atoms with van der Waals surface area (Å²) in [6, 6.07) is 0. The van der Waals surface area contributed by atoms with Crippen LogP contribution in [0.25, 0.3) is 0 Å². The van der Waals surface area contributed by atoms with E-state index in [1.165, 1.54) is 0 Å². The van der Waals surface area contributed by atoms with E-state index < -0.39 is 5.60 Å². The SMILES string of the molecule is CCCc1nnc(N(C)CCC(C)(C)O)s1. The molecule has 92 valence electrons. The zero-order valence-electron chi connectivity index (χ0n) is 10.5. The smallest absolute Gasteiger partial charge is 0.208 e. The summed E-state index contributed by atoms with van der Waals surface area (Å²) in [7, 11) is 1.99. The average molecular weight is 243 g/mol. The predicted molar refractivity (Wildman–Crippen MR) is 68.1 cm³/mol. The summed E-state index contributed by atoms with van der Waals surface area (Å²) in [6.07, 6.45) is 2.82. The van der Waals surface area contributed by atoms with Crippen LogP contribution >= 0.6 is 11.3 Å². The number of aromatic nitrogens is 2. The van der Waals surface area contributed by atoms with Crippen molar-refractivity contribution in [3.05, 3.63) is 5.01 Å². The lowest BCUT2D eigenvalue weighted by Gasteiger charge is -2.21. The molecule has 1 aromatic heterocycles. The van der Waals surface area contributed by atoms with E-state index in [2.05, 4.69) is 22.0 Å². The number of hydrogen-bond donors (Lipinski definition) is 1. The van der Waals surface area contributed by atoms with E-state index in [-0.39, 0.29) is 0 Å². The van der Waals surface area contributed by atoms with Gasteiger partial charge in [-0.15, -0.1) is 10.2 Å². The molecule has 4 nitrogen and oxygen atoms in total. The van der Waals surface area contributed by atoms with Crippen molar-refractivity contribution in [2.45, 2.75) is 45.6 Å². The van der Waals surface area contributed by atoms with Crippen LogP contribution in [0, 0.1) is 0 Å². The first kappa shape index (κ1) is 13.4. The van der Waals surface area contributed by atoms with Crippen LogP contribution in [0.5, 0.6) is 0 Å². The van der Waals surface area contributed by atoms with Gasteiger partial charge in [-0.2, -0.15) is 0 Å². The number of nitrogens with zero attached hydrogens (tertiary/aromatic N) is 3. The third kappa shape index (κ3) is 4.45. The molecule has 0 fully saturated rings. The first-order chi connectivity index (χ1) is 7.42. The average Bonchev–Trinajstić information content (AvgIpc) is 2.62. The maximum atomic E-state index is 9.64. The molecule has 0 atom stereocenters. The summed E-state index contributed by atoms with van der Waals surface area (Å²) in [5, 5.41) is 20.0. The van der Waals surface area contributed by atoms with Crippen LogP contribution < -0.4 is 4.90 Å². The highest BCUT2D eigenvalue weighted by Crippen LogP contribution is 2.21. The molecule has 1 aromatic rings. The quantitative estimate of drug-likeness (QED) is 0.831. The Morgan fingerprint density at radius 3 is 2.62 bits per heavy atom. The fourth-order valence-electron chi connectivity index (χ4n) is 1.25. The molecule has 5 heteroatoms. The molecule has 0 saturated heterocycles. The topological polar surface area (TPSA) is 49.2 Å². The van der Waals surface area contributed by atoms with Crippen LogP contribution in [-0.4, -0.2) is 34.5 Å². The molecule has 0 unspecified atom stereocenters. The van der Waals surface area contributed by atoms with Gasteiger partial charge in [0.05, 0.1) is 5.60 Å². The Bertz CT molecular complexity index is 319. The molecular weight excluding hydrogens is 222 g/mol. The van der Waals surface area contributed by atoms with Crippen molar-refractivity contribution in [2.75, 3.05) is 18.5 Å². The summed E-state index contributed by atoms with van der Waals surface area (Å²) in [5.41, 5.74) is -0.620. The Balaban J connectivity index is 2.49. The normalized spacial score (nSPS) is 11.8. The van der Waals surface area contributed by atoms with Crippen molar-refractivity contribution in [1.82, 2.24) is 10.2 Å². The second-order valence-corrected chi connectivity index (χ2v) is 5.75. The van der Waals surface area contributed by atoms with Gasteiger partial charge in [0.1, 0.15) is 5.01 Å². The van der Waals surface area contributed by atoms with Crippen LogP contribution in [0.4, 0.5) is 5.13 Å². The monoisotopic (exact) mass is 243 g/mol. The number of anilines is 1. The molecule has 1 heterocycles. The highest BCUT2D eigenvalue weighted by Gasteiger charge is 2.15. The number of hydrogen-bond acceptors (Lipinski definition) is 5. The first-order valence-electron chi connectivity index (χ1n) is 5.68. The van der Waals surface area contributed by atoms with Gasteiger partial charge in [0.25, 0.3) is 0 Å². The van der Waals surface area contributed by atoms with E-state index >= 15 is 0 Å². The highest BCUT2D eigenvalue weighted by molar-refractivity contribution is 7.15. The lowest BCUT2D eigenvalue weighted by atomic mass is 10.1. The van der Waals surface area contributed by atoms with Crippen LogP contribution in [-0.2, 0) is 6.42 Å². The minimum Gasteiger partial charge on any atom is -0.390 e. The summed E-state index contributed by atoms with van der Waals surface area (Å²) in [5.74, 6) is 0. The van der Waals surface area contributed by atoms with Gasteiger partial charge in [-0.25, -0.2) is 0 Å². The molecule has 16 heavy (non-hydrogen) atoms. The Morgan fingerprint density at radius 1 is 1.38 bits per heavy atom. The molecule has 0 bridgehead atoms. The summed E-state index contributed by atoms with van der Waals surface area (Å²) >= 11 is 1.64. The molecule has 0 amide bonds. The zero-order valence-corrected chi connectivity index (χ0v) is 11.3. The zero-order chi connectivity index (χ0) is 12.2. The summed E-state index contributed by atoms with van der Waals surface area (Å²) in [6.45, 7) is 6.58. The van der Waals surface area contributed by atoms with Gasteiger partial charge < -0.3 is 10.0 Å². The minimum absolute atomic E-state index is 0.620. The van der Waals surface area contributed by atoms with E-state index in [0.717, 1.165) is 35.9 Å². The van der Waals surface area contributed by atoms with Gasteiger partial charge in [-0.05, 0) is 26.7 Å². The molecule has 0 saturated carbocycles. The van der Waals surface area contributed by atoms with Gasteiger partial charge >= 0.3 is 0 Å². The van der Waals surface area contributed by atoms with Crippen molar-refractivity contribution in [2.24, 2.45) is 0 Å². The van der Waals surface area contributed by atoms with Gasteiger partial charge in [0, 0.05) is 20.0 Å². The maximum absolute atomic E-state index is 9.64. The summed E-state index contributed by atoms with van der Waals surface area (Å²) < 4.78 is 0. The summed E-state index contributed by atoms with van der Waals surface area (Å²) in [4.78, 5) is 2.05. The van der Waals surface area contributed by atoms with Crippen molar-refractivity contribution in [3.63, 3.8) is 0 Å². The Labute approximate surface area is 101 Å². The fraction of sp³-hybridized carbons (Fsp3) is 0.818. The minimum atomic E-state index is -0.620. The largest absolute Gasteiger partial charge is 0.390 e. The standard InChI is InChI=1S/C11H21N3OS/c1-5-6-9-12-13-10(16-9)14(4)8-7-11(2,3)15/h15H,5-8H2,1-4H3. The second kappa shape index (κ2) is 5.59. The maximum Gasteiger partial charge on any atom is 0.208 e. The lowest BCUT2D eigenvalue weighted by molar-refractivity contribution is 0.0734. The Hall–Kier alpha value is -0.680. The van der Waals surface area contributed by atoms with E-state index in [0.29, 0.717) is 0 Å². The fourth-order valence-corrected chi connectivity index (χ4v) is 2.18. The molecule has 0 aliphatic heterocycles. The van der Waals surface area contributed by atoms with E-state index in [4.69, 9.17) is 0 Å². The molecule has 1 rings (SSSR count). The predicted octanol–water partition coefficient (Wildman–Crippen LogP) is 2.09. The van der Waals surface area contributed by atoms with E-state index in [9.17, 15) is 5.11 Å². The Kier molecular flexibility index (Phi) is 4.68. The van der Waals surface area contributed by atoms with Crippen molar-refractivity contribution in [3.8, 4) is 0 Å². The Morgan fingerprint density at radius 2 is 2.06 bits per heavy atom. The van der Waals surface area contributed by atoms with Gasteiger partial charge in [-0.3, -0.25) is 0 Å². The van der Waals surface area contributed by atoms with Crippen molar-refractivity contribution in [1.29, 1.82) is 0 Å². The van der Waals surface area contributed by atoms with Crippen LogP contribution in [0.3, 0.4) is 0 Å². The highest BCUT2D eigenvalue weighted by atomic mass is 32.1. The van der Waals surface area contributed by atoms with Gasteiger partial charge in [-0.1, -0.05) is 18.3 Å². The third-order valence-electron chi connectivity index (χ3n) is 2.31. The first-order valence-corrected chi connectivity index (χ1v) is 6.50. The lowest BCUT2D eigenvalue weighted by Crippen LogP contribution is -2.28. The number of rotatable bonds is 6. The molecule has 0 aliphatic carbocycles. The molecule has 0 radical (unpaired) electrons. The van der Waals surface area contributed by atoms with Crippen molar-refractivity contribution < 1.29 is 5.11 Å². The van der Waals surface area contributed by atoms with Crippen molar-refractivity contribution >= 4 is 16.5 Å². The van der Waals surface area contributed by atoms with E-state index in [1.54, 1.807) is 11.3 Å². The number of aliphatic hydroxyl groups is 1. The van der Waals surface area contributed by atoms with Crippen LogP contribution in [0.1, 0.15) is 38.6 Å². The van der Waals surface area contributed by atoms with Crippen LogP contribution in [0.15, 0.2) is 0 Å². The molecule has 0 aliphatic rings. The van der Waals surface area contributed by atoms with Gasteiger partial charge in [0.2, 0.25) is 5.13 Å². The van der Waals surface area contributed by atoms with Crippen LogP contribution in [0.2, 0.25) is 0 Å². The third-order valence-corrected chi connectivity index (χ3v) is 3.40. The molecule has 0 aromatic carbocycles. The van der Waals surface area contributed by atoms with Gasteiger partial charge in [0.15, 0.2) is 0 Å².